The molecule has 6 aromatic carbocycles. The average Bonchev–Trinajstić information content (AvgIpc) is 2.85. The van der Waals surface area contributed by atoms with Crippen LogP contribution in [0.15, 0.2) is 42.7 Å². The molecule has 2 aromatic heterocycles. The van der Waals surface area contributed by atoms with Gasteiger partial charge in [-0.2, -0.15) is 9.78 Å². The topological polar surface area (TPSA) is 537 Å². The molecule has 0 amide bonds. The van der Waals surface area contributed by atoms with Gasteiger partial charge < -0.3 is 110 Å². The van der Waals surface area contributed by atoms with Crippen LogP contribution in [0.4, 0.5) is 0 Å². The molecule has 0 aliphatic carbocycles. The van der Waals surface area contributed by atoms with Gasteiger partial charge in [0.1, 0.15) is 12.7 Å². The normalized spacial score (nSPS) is 19.4. The number of ether oxygens (including phenoxy) is 3. The fourth-order valence-electron chi connectivity index (χ4n) is 9.62. The Morgan fingerprint density at radius 1 is 0.362 bits per heavy atom. The van der Waals surface area contributed by atoms with E-state index in [9.17, 15) is 116 Å². The molecule has 6 bridgehead atoms. The third-order valence-electron chi connectivity index (χ3n) is 13.2. The van der Waals surface area contributed by atoms with E-state index in [1.807, 2.05) is 0 Å². The van der Waals surface area contributed by atoms with Gasteiger partial charge in [0, 0.05) is 44.2 Å². The number of carbonyl (C=O) groups excluding carboxylic acids is 4. The van der Waals surface area contributed by atoms with Crippen molar-refractivity contribution in [3.8, 4) is 125 Å². The molecule has 3 aliphatic heterocycles. The Morgan fingerprint density at radius 3 is 1.10 bits per heavy atom. The summed E-state index contributed by atoms with van der Waals surface area (Å²) in [4.78, 5) is 106. The summed E-state index contributed by atoms with van der Waals surface area (Å²) in [6, 6.07) is 1.38. The van der Waals surface area contributed by atoms with E-state index in [4.69, 9.17) is 42.6 Å². The zero-order valence-corrected chi connectivity index (χ0v) is 38.6. The largest absolute Gasteiger partial charge is 0.504 e. The Balaban J connectivity index is 1.17. The van der Waals surface area contributed by atoms with E-state index in [1.54, 1.807) is 0 Å². The van der Waals surface area contributed by atoms with Crippen LogP contribution in [-0.4, -0.2) is 148 Å². The average molecular weight is 1120 g/mol. The van der Waals surface area contributed by atoms with Gasteiger partial charge in [-0.3, -0.25) is 9.78 Å². The summed E-state index contributed by atoms with van der Waals surface area (Å²) < 4.78 is 27.1. The number of esters is 2. The monoisotopic (exact) mass is 1120 g/mol. The maximum absolute atomic E-state index is 14.5. The predicted molar refractivity (Wildman–Crippen MR) is 248 cm³/mol. The molecular weight excluding hydrogens is 1090 g/mol. The number of rotatable bonds is 0. The van der Waals surface area contributed by atoms with Crippen molar-refractivity contribution in [1.82, 2.24) is 0 Å². The molecule has 3 aliphatic rings. The Kier molecular flexibility index (Phi) is 11.1. The summed E-state index contributed by atoms with van der Waals surface area (Å²) in [5, 5.41) is 184. The standard InChI is InChI=1S/C48H28O32/c49-10-1-6-15(29(57)25(10)53)16-7(2-11(50)26(54)30(16)58)43(66)77-41-40(76-42(6)65)37-14(73-48(41)71)5-72-79-44(67)8-3-12(51)27(55)31(59)17(8)19-23-21-22-24(47(70)75-38(21)35(63)33(19)61)20(34(62)36(64)39(22)74-46(23)69)18-9(45(68)80-78-37)4-13(52)28(56)32(18)60/h1-4,14,37,40-41,48-64,71H,5H2. The molecule has 32 nitrogen and oxygen atoms in total. The minimum atomic E-state index is -2.65. The minimum absolute atomic E-state index is 0.277. The Labute approximate surface area is 434 Å². The van der Waals surface area contributed by atoms with Crippen LogP contribution < -0.4 is 11.3 Å². The SMILES string of the molecule is O=C1OC2C(O)OC3COOC(=O)c4cc(O)c(O)c(O)c4-c4c(O)c(O)c5oc(=O)c6c(c(O)c(O)c7oc(=O)c4c5c76)-c4c(cc(O)c(O)c4O)C(=O)OOC3C2OC(=O)c2cc(O)c(O)c(O)c2-c2c1cc(O)c(O)c2O. The van der Waals surface area contributed by atoms with Crippen LogP contribution in [-0.2, 0) is 33.8 Å². The minimum Gasteiger partial charge on any atom is -0.504 e. The van der Waals surface area contributed by atoms with Crippen molar-refractivity contribution in [2.75, 3.05) is 6.61 Å². The molecule has 1 fully saturated rings. The van der Waals surface area contributed by atoms with Crippen molar-refractivity contribution in [2.24, 2.45) is 0 Å². The quantitative estimate of drug-likeness (QED) is 0.0338. The first-order valence-electron chi connectivity index (χ1n) is 22.0. The van der Waals surface area contributed by atoms with Crippen LogP contribution in [0.25, 0.3) is 66.1 Å². The van der Waals surface area contributed by atoms with E-state index in [0.717, 1.165) is 0 Å². The molecule has 11 rings (SSSR count). The number of phenols is 16. The summed E-state index contributed by atoms with van der Waals surface area (Å²) in [5.74, 6) is -31.3. The second kappa shape index (κ2) is 17.4. The van der Waals surface area contributed by atoms with Crippen LogP contribution in [0, 0.1) is 0 Å². The predicted octanol–water partition coefficient (Wildman–Crippen LogP) is 1.82. The Morgan fingerprint density at radius 2 is 0.700 bits per heavy atom. The first-order chi connectivity index (χ1) is 37.8. The second-order valence-electron chi connectivity index (χ2n) is 17.5. The highest BCUT2D eigenvalue weighted by Crippen LogP contribution is 2.59. The fourth-order valence-corrected chi connectivity index (χ4v) is 9.62. The van der Waals surface area contributed by atoms with Gasteiger partial charge in [-0.25, -0.2) is 28.8 Å². The number of hydrogen-bond acceptors (Lipinski definition) is 32. The number of benzene rings is 6. The van der Waals surface area contributed by atoms with E-state index in [0.29, 0.717) is 18.2 Å². The van der Waals surface area contributed by atoms with Crippen molar-refractivity contribution in [3.05, 3.63) is 67.4 Å². The highest BCUT2D eigenvalue weighted by Gasteiger charge is 2.54. The molecule has 0 radical (unpaired) electrons. The lowest BCUT2D eigenvalue weighted by Gasteiger charge is -2.42. The second-order valence-corrected chi connectivity index (χ2v) is 17.5. The van der Waals surface area contributed by atoms with Gasteiger partial charge in [-0.15, -0.1) is 0 Å². The highest BCUT2D eigenvalue weighted by molar-refractivity contribution is 6.29. The summed E-state index contributed by atoms with van der Waals surface area (Å²) in [6.45, 7) is -1.40. The van der Waals surface area contributed by atoms with E-state index in [-0.39, 0.29) is 6.07 Å². The van der Waals surface area contributed by atoms with Crippen LogP contribution >= 0.6 is 0 Å². The van der Waals surface area contributed by atoms with Gasteiger partial charge in [0.15, 0.2) is 93.3 Å². The van der Waals surface area contributed by atoms with Crippen LogP contribution in [0.2, 0.25) is 0 Å². The van der Waals surface area contributed by atoms with Crippen LogP contribution in [0.5, 0.6) is 92.0 Å². The maximum atomic E-state index is 14.5. The highest BCUT2D eigenvalue weighted by atomic mass is 17.2. The van der Waals surface area contributed by atoms with Gasteiger partial charge in [0.05, 0.1) is 33.0 Å². The molecule has 80 heavy (non-hydrogen) atoms. The van der Waals surface area contributed by atoms with Crippen LogP contribution in [0.1, 0.15) is 41.4 Å². The van der Waals surface area contributed by atoms with Gasteiger partial charge in [-0.1, -0.05) is 0 Å². The molecule has 412 valence electrons. The van der Waals surface area contributed by atoms with E-state index in [2.05, 4.69) is 0 Å². The smallest absolute Gasteiger partial charge is 0.374 e. The Hall–Kier alpha value is -11.2. The molecule has 1 saturated heterocycles. The number of fused-ring (bicyclic) bond motifs is 10. The molecule has 5 unspecified atom stereocenters. The first kappa shape index (κ1) is 50.9. The number of carbonyl (C=O) groups is 4. The molecule has 5 heterocycles. The van der Waals surface area contributed by atoms with Gasteiger partial charge in [0.25, 0.3) is 0 Å². The van der Waals surface area contributed by atoms with E-state index in [1.165, 1.54) is 0 Å². The number of aliphatic hydroxyl groups excluding tert-OH is 1. The van der Waals surface area contributed by atoms with Gasteiger partial charge in [-0.05, 0) is 24.3 Å². The van der Waals surface area contributed by atoms with Crippen molar-refractivity contribution < 1.29 is 149 Å². The third-order valence-corrected chi connectivity index (χ3v) is 13.2. The first-order valence-corrected chi connectivity index (χ1v) is 22.0. The van der Waals surface area contributed by atoms with Crippen molar-refractivity contribution in [2.45, 2.75) is 30.7 Å². The van der Waals surface area contributed by atoms with Gasteiger partial charge in [0.2, 0.25) is 34.5 Å². The molecule has 0 spiro atoms. The van der Waals surface area contributed by atoms with Gasteiger partial charge >= 0.3 is 35.1 Å². The number of aliphatic hydroxyl groups is 1. The zero-order valence-electron chi connectivity index (χ0n) is 38.6. The third kappa shape index (κ3) is 6.96. The molecule has 8 aromatic rings. The fraction of sp³-hybridized carbons (Fsp3) is 0.125. The molecule has 0 saturated carbocycles. The number of phenolic OH excluding ortho intramolecular Hbond substituents is 16. The molecule has 5 atom stereocenters. The van der Waals surface area contributed by atoms with Crippen molar-refractivity contribution in [3.63, 3.8) is 0 Å². The van der Waals surface area contributed by atoms with Crippen LogP contribution in [0.3, 0.4) is 0 Å². The zero-order chi connectivity index (χ0) is 57.7. The number of hydrogen-bond donors (Lipinski definition) is 17. The molecule has 17 N–H and O–H groups in total. The lowest BCUT2D eigenvalue weighted by Crippen LogP contribution is -2.62. The van der Waals surface area contributed by atoms with Crippen molar-refractivity contribution >= 4 is 56.6 Å². The number of aromatic hydroxyl groups is 16. The summed E-state index contributed by atoms with van der Waals surface area (Å²) in [5.41, 5.74) is -18.0. The lowest BCUT2D eigenvalue weighted by molar-refractivity contribution is -0.377. The summed E-state index contributed by atoms with van der Waals surface area (Å²) >= 11 is 0. The van der Waals surface area contributed by atoms with E-state index >= 15 is 0 Å². The lowest BCUT2D eigenvalue weighted by atomic mass is 9.88. The molecule has 32 heteroatoms. The van der Waals surface area contributed by atoms with E-state index < -0.39 is 253 Å². The Bertz CT molecular complexity index is 4280. The maximum Gasteiger partial charge on any atom is 0.374 e. The summed E-state index contributed by atoms with van der Waals surface area (Å²) in [6.07, 6.45) is -12.6. The molecular formula is C48H28O32. The summed E-state index contributed by atoms with van der Waals surface area (Å²) in [7, 11) is 0. The van der Waals surface area contributed by atoms with Crippen molar-refractivity contribution in [1.29, 1.82) is 0 Å².